The number of amides is 2. The van der Waals surface area contributed by atoms with Crippen molar-refractivity contribution in [3.8, 4) is 0 Å². The summed E-state index contributed by atoms with van der Waals surface area (Å²) in [5.74, 6) is 1.24. The highest BCUT2D eigenvalue weighted by molar-refractivity contribution is 5.90. The highest BCUT2D eigenvalue weighted by Gasteiger charge is 2.61. The summed E-state index contributed by atoms with van der Waals surface area (Å²) in [4.78, 5) is 26.0. The van der Waals surface area contributed by atoms with Crippen LogP contribution < -0.4 is 10.6 Å². The minimum atomic E-state index is -0.509. The fourth-order valence-electron chi connectivity index (χ4n) is 6.67. The predicted octanol–water partition coefficient (Wildman–Crippen LogP) is 4.25. The van der Waals surface area contributed by atoms with E-state index in [4.69, 9.17) is 0 Å². The lowest BCUT2D eigenvalue weighted by atomic mass is 9.42. The van der Waals surface area contributed by atoms with Crippen molar-refractivity contribution in [3.05, 3.63) is 35.4 Å². The molecule has 0 radical (unpaired) electrons. The first-order valence-corrected chi connectivity index (χ1v) is 11.2. The summed E-state index contributed by atoms with van der Waals surface area (Å²) in [7, 11) is 0. The number of hydrogen-bond donors (Lipinski definition) is 2. The number of carbonyl (C=O) groups excluding carboxylic acids is 2. The van der Waals surface area contributed by atoms with Gasteiger partial charge in [0.25, 0.3) is 0 Å². The van der Waals surface area contributed by atoms with E-state index in [0.29, 0.717) is 11.8 Å². The second-order valence-electron chi connectivity index (χ2n) is 11.3. The average Bonchev–Trinajstić information content (AvgIpc) is 2.59. The Labute approximate surface area is 175 Å². The molecule has 29 heavy (non-hydrogen) atoms. The van der Waals surface area contributed by atoms with Crippen LogP contribution in [-0.2, 0) is 15.0 Å². The summed E-state index contributed by atoms with van der Waals surface area (Å²) in [5.41, 5.74) is 2.21. The molecule has 1 aromatic rings. The van der Waals surface area contributed by atoms with E-state index in [1.807, 2.05) is 20.8 Å². The van der Waals surface area contributed by atoms with Crippen LogP contribution in [0.4, 0.5) is 0 Å². The van der Waals surface area contributed by atoms with Gasteiger partial charge in [0.1, 0.15) is 6.04 Å². The standard InChI is InChI=1S/C25H36N2O2/c1-16-6-8-20(9-7-16)24-11-18-10-19(12-24)14-25(13-18,15-24)22(29)26-17(2)21(28)27-23(3,4)5/h6-9,17-19H,10-15H2,1-5H3,(H,26,29)(H,27,28)/t17-,18+,19+,24?,25?/m0/s1. The van der Waals surface area contributed by atoms with Gasteiger partial charge in [0, 0.05) is 5.54 Å². The van der Waals surface area contributed by atoms with Crippen molar-refractivity contribution in [3.63, 3.8) is 0 Å². The minimum Gasteiger partial charge on any atom is -0.350 e. The van der Waals surface area contributed by atoms with Crippen molar-refractivity contribution in [1.82, 2.24) is 10.6 Å². The summed E-state index contributed by atoms with van der Waals surface area (Å²) < 4.78 is 0. The van der Waals surface area contributed by atoms with Gasteiger partial charge in [-0.2, -0.15) is 0 Å². The average molecular weight is 397 g/mol. The summed E-state index contributed by atoms with van der Waals surface area (Å²) >= 11 is 0. The Hall–Kier alpha value is -1.84. The van der Waals surface area contributed by atoms with Crippen molar-refractivity contribution in [2.45, 2.75) is 90.1 Å². The normalized spacial score (nSPS) is 34.0. The zero-order valence-corrected chi connectivity index (χ0v) is 18.6. The number of benzene rings is 1. The number of carbonyl (C=O) groups is 2. The summed E-state index contributed by atoms with van der Waals surface area (Å²) in [6, 6.07) is 8.48. The first-order valence-electron chi connectivity index (χ1n) is 11.2. The van der Waals surface area contributed by atoms with Gasteiger partial charge in [-0.1, -0.05) is 29.8 Å². The van der Waals surface area contributed by atoms with Gasteiger partial charge in [-0.25, -0.2) is 0 Å². The predicted molar refractivity (Wildman–Crippen MR) is 115 cm³/mol. The first kappa shape index (κ1) is 20.4. The molecule has 1 aromatic carbocycles. The molecule has 4 nitrogen and oxygen atoms in total. The Balaban J connectivity index is 1.55. The lowest BCUT2D eigenvalue weighted by molar-refractivity contribution is -0.151. The highest BCUT2D eigenvalue weighted by Crippen LogP contribution is 2.65. The number of aryl methyl sites for hydroxylation is 1. The van der Waals surface area contributed by atoms with Crippen molar-refractivity contribution < 1.29 is 9.59 Å². The van der Waals surface area contributed by atoms with Crippen LogP contribution >= 0.6 is 0 Å². The van der Waals surface area contributed by atoms with E-state index in [1.54, 1.807) is 6.92 Å². The van der Waals surface area contributed by atoms with Crippen LogP contribution in [0.15, 0.2) is 24.3 Å². The fraction of sp³-hybridized carbons (Fsp3) is 0.680. The van der Waals surface area contributed by atoms with Crippen LogP contribution in [0.2, 0.25) is 0 Å². The van der Waals surface area contributed by atoms with Crippen molar-refractivity contribution in [2.24, 2.45) is 17.3 Å². The molecule has 0 unspecified atom stereocenters. The molecule has 0 saturated heterocycles. The van der Waals surface area contributed by atoms with Gasteiger partial charge in [0.05, 0.1) is 5.41 Å². The van der Waals surface area contributed by atoms with E-state index in [9.17, 15) is 9.59 Å². The molecule has 4 heteroatoms. The molecule has 0 spiro atoms. The smallest absolute Gasteiger partial charge is 0.242 e. The third-order valence-corrected chi connectivity index (χ3v) is 7.45. The number of nitrogens with one attached hydrogen (secondary N) is 2. The molecule has 5 rings (SSSR count). The zero-order valence-electron chi connectivity index (χ0n) is 18.6. The first-order chi connectivity index (χ1) is 13.5. The van der Waals surface area contributed by atoms with Gasteiger partial charge in [0.15, 0.2) is 0 Å². The van der Waals surface area contributed by atoms with Gasteiger partial charge in [0.2, 0.25) is 11.8 Å². The van der Waals surface area contributed by atoms with Crippen LogP contribution in [0.25, 0.3) is 0 Å². The van der Waals surface area contributed by atoms with Gasteiger partial charge in [-0.15, -0.1) is 0 Å². The van der Waals surface area contributed by atoms with Gasteiger partial charge in [-0.3, -0.25) is 9.59 Å². The Morgan fingerprint density at radius 3 is 2.17 bits per heavy atom. The second kappa shape index (κ2) is 6.85. The molecular weight excluding hydrogens is 360 g/mol. The largest absolute Gasteiger partial charge is 0.350 e. The monoisotopic (exact) mass is 396 g/mol. The summed E-state index contributed by atoms with van der Waals surface area (Å²) in [6.45, 7) is 9.81. The molecule has 4 saturated carbocycles. The fourth-order valence-corrected chi connectivity index (χ4v) is 6.67. The van der Waals surface area contributed by atoms with Crippen molar-refractivity contribution >= 4 is 11.8 Å². The van der Waals surface area contributed by atoms with Crippen LogP contribution in [0, 0.1) is 24.2 Å². The molecule has 0 aliphatic heterocycles. The Morgan fingerprint density at radius 1 is 1.03 bits per heavy atom. The topological polar surface area (TPSA) is 58.2 Å². The number of rotatable bonds is 4. The molecule has 4 aliphatic rings. The molecule has 0 heterocycles. The zero-order chi connectivity index (χ0) is 21.0. The maximum absolute atomic E-state index is 13.5. The third kappa shape index (κ3) is 3.83. The van der Waals surface area contributed by atoms with Gasteiger partial charge >= 0.3 is 0 Å². The summed E-state index contributed by atoms with van der Waals surface area (Å²) in [5, 5.41) is 6.07. The van der Waals surface area contributed by atoms with Crippen molar-refractivity contribution in [1.29, 1.82) is 0 Å². The molecule has 0 aromatic heterocycles. The van der Waals surface area contributed by atoms with E-state index in [1.165, 1.54) is 30.4 Å². The molecule has 4 bridgehead atoms. The molecule has 2 amide bonds. The van der Waals surface area contributed by atoms with Gasteiger partial charge in [-0.05, 0) is 96.0 Å². The molecule has 2 N–H and O–H groups in total. The van der Waals surface area contributed by atoms with Crippen LogP contribution in [0.5, 0.6) is 0 Å². The quantitative estimate of drug-likeness (QED) is 0.799. The minimum absolute atomic E-state index is 0.0969. The molecule has 158 valence electrons. The lowest BCUT2D eigenvalue weighted by Crippen LogP contribution is -2.61. The van der Waals surface area contributed by atoms with Gasteiger partial charge < -0.3 is 10.6 Å². The Kier molecular flexibility index (Phi) is 4.83. The van der Waals surface area contributed by atoms with Crippen molar-refractivity contribution in [2.75, 3.05) is 0 Å². The van der Waals surface area contributed by atoms with E-state index in [-0.39, 0.29) is 28.2 Å². The molecule has 4 aliphatic carbocycles. The van der Waals surface area contributed by atoms with E-state index in [0.717, 1.165) is 19.3 Å². The maximum atomic E-state index is 13.5. The molecular formula is C25H36N2O2. The third-order valence-electron chi connectivity index (χ3n) is 7.45. The second-order valence-corrected chi connectivity index (χ2v) is 11.3. The molecule has 3 atom stereocenters. The summed E-state index contributed by atoms with van der Waals surface area (Å²) in [6.07, 6.45) is 6.58. The SMILES string of the molecule is Cc1ccc(C23C[C@H]4C[C@@H](CC(C(=O)N[C@@H](C)C(=O)NC(C)(C)C)(C4)C2)C3)cc1. The lowest BCUT2D eigenvalue weighted by Gasteiger charge is -2.61. The van der Waals surface area contributed by atoms with Crippen LogP contribution in [-0.4, -0.2) is 23.4 Å². The molecule has 4 fully saturated rings. The van der Waals surface area contributed by atoms with E-state index in [2.05, 4.69) is 41.8 Å². The van der Waals surface area contributed by atoms with Crippen LogP contribution in [0.1, 0.15) is 77.3 Å². The highest BCUT2D eigenvalue weighted by atomic mass is 16.2. The number of hydrogen-bond acceptors (Lipinski definition) is 2. The van der Waals surface area contributed by atoms with E-state index < -0.39 is 6.04 Å². The Morgan fingerprint density at radius 2 is 1.62 bits per heavy atom. The Bertz CT molecular complexity index is 791. The van der Waals surface area contributed by atoms with Crippen LogP contribution in [0.3, 0.4) is 0 Å². The van der Waals surface area contributed by atoms with E-state index >= 15 is 0 Å². The maximum Gasteiger partial charge on any atom is 0.242 e.